The van der Waals surface area contributed by atoms with Crippen LogP contribution in [0, 0.1) is 13.8 Å². The van der Waals surface area contributed by atoms with Gasteiger partial charge in [-0.25, -0.2) is 0 Å². The summed E-state index contributed by atoms with van der Waals surface area (Å²) in [5.41, 5.74) is 10.1. The monoisotopic (exact) mass is 221 g/mol. The van der Waals surface area contributed by atoms with Crippen LogP contribution < -0.4 is 5.73 Å². The lowest BCUT2D eigenvalue weighted by Crippen LogP contribution is -2.05. The van der Waals surface area contributed by atoms with Crippen molar-refractivity contribution in [2.45, 2.75) is 26.8 Å². The molecular weight excluding hydrogens is 206 g/mol. The second kappa shape index (κ2) is 4.06. The highest BCUT2D eigenvalue weighted by Crippen LogP contribution is 2.15. The summed E-state index contributed by atoms with van der Waals surface area (Å²) < 4.78 is 1.99. The number of nitrogen functional groups attached to an aromatic ring is 1. The Morgan fingerprint density at radius 1 is 1.47 bits per heavy atom. The fourth-order valence-electron chi connectivity index (χ4n) is 1.60. The molecule has 2 aromatic rings. The van der Waals surface area contributed by atoms with Crippen molar-refractivity contribution in [1.29, 1.82) is 0 Å². The van der Waals surface area contributed by atoms with E-state index in [1.54, 1.807) is 11.3 Å². The highest BCUT2D eigenvalue weighted by atomic mass is 32.1. The van der Waals surface area contributed by atoms with Gasteiger partial charge in [0.25, 0.3) is 0 Å². The van der Waals surface area contributed by atoms with E-state index in [9.17, 15) is 0 Å². The third kappa shape index (κ3) is 2.04. The zero-order chi connectivity index (χ0) is 10.8. The first kappa shape index (κ1) is 10.2. The highest BCUT2D eigenvalue weighted by Gasteiger charge is 2.07. The van der Waals surface area contributed by atoms with Gasteiger partial charge in [-0.15, -0.1) is 0 Å². The molecule has 0 saturated heterocycles. The third-order valence-electron chi connectivity index (χ3n) is 2.63. The van der Waals surface area contributed by atoms with Gasteiger partial charge in [0.05, 0.1) is 17.1 Å². The average Bonchev–Trinajstić information content (AvgIpc) is 2.80. The van der Waals surface area contributed by atoms with Crippen LogP contribution in [0.4, 0.5) is 5.69 Å². The van der Waals surface area contributed by atoms with Crippen LogP contribution in [0.1, 0.15) is 17.0 Å². The summed E-state index contributed by atoms with van der Waals surface area (Å²) in [7, 11) is 0. The number of nitrogens with two attached hydrogens (primary N) is 1. The quantitative estimate of drug-likeness (QED) is 0.864. The lowest BCUT2D eigenvalue weighted by atomic mass is 10.2. The van der Waals surface area contributed by atoms with E-state index in [1.807, 2.05) is 18.5 Å². The molecule has 0 radical (unpaired) electrons. The number of aromatic nitrogens is 2. The third-order valence-corrected chi connectivity index (χ3v) is 3.36. The summed E-state index contributed by atoms with van der Waals surface area (Å²) in [6, 6.07) is 2.15. The van der Waals surface area contributed by atoms with Gasteiger partial charge >= 0.3 is 0 Å². The number of rotatable bonds is 3. The van der Waals surface area contributed by atoms with Crippen LogP contribution in [0.2, 0.25) is 0 Å². The van der Waals surface area contributed by atoms with E-state index in [4.69, 9.17) is 5.73 Å². The van der Waals surface area contributed by atoms with Crippen molar-refractivity contribution in [3.63, 3.8) is 0 Å². The highest BCUT2D eigenvalue weighted by molar-refractivity contribution is 7.07. The molecule has 2 heterocycles. The minimum absolute atomic E-state index is 0.820. The van der Waals surface area contributed by atoms with E-state index in [0.717, 1.165) is 30.0 Å². The van der Waals surface area contributed by atoms with Crippen molar-refractivity contribution in [3.05, 3.63) is 33.8 Å². The summed E-state index contributed by atoms with van der Waals surface area (Å²) in [4.78, 5) is 0. The van der Waals surface area contributed by atoms with Crippen LogP contribution in [0.25, 0.3) is 0 Å². The molecule has 0 aliphatic carbocycles. The molecule has 0 aromatic carbocycles. The summed E-state index contributed by atoms with van der Waals surface area (Å²) in [6.07, 6.45) is 1.02. The maximum Gasteiger partial charge on any atom is 0.0825 e. The first-order chi connectivity index (χ1) is 7.18. The molecule has 0 bridgehead atoms. The van der Waals surface area contributed by atoms with E-state index >= 15 is 0 Å². The number of nitrogens with zero attached hydrogens (tertiary/aromatic N) is 2. The van der Waals surface area contributed by atoms with Gasteiger partial charge in [0.15, 0.2) is 0 Å². The summed E-state index contributed by atoms with van der Waals surface area (Å²) >= 11 is 1.73. The SMILES string of the molecule is Cc1nn(CCc2ccsc2)c(C)c1N. The van der Waals surface area contributed by atoms with Crippen LogP contribution in [-0.2, 0) is 13.0 Å². The Labute approximate surface area is 93.5 Å². The zero-order valence-corrected chi connectivity index (χ0v) is 9.84. The van der Waals surface area contributed by atoms with Crippen LogP contribution in [-0.4, -0.2) is 9.78 Å². The van der Waals surface area contributed by atoms with Gasteiger partial charge in [-0.2, -0.15) is 16.4 Å². The number of thiophene rings is 1. The van der Waals surface area contributed by atoms with Crippen LogP contribution in [0.5, 0.6) is 0 Å². The Kier molecular flexibility index (Phi) is 2.77. The van der Waals surface area contributed by atoms with Crippen LogP contribution >= 0.6 is 11.3 Å². The predicted octanol–water partition coefficient (Wildman–Crippen LogP) is 2.39. The fourth-order valence-corrected chi connectivity index (χ4v) is 2.30. The number of hydrogen-bond donors (Lipinski definition) is 1. The molecule has 0 aliphatic heterocycles. The molecule has 2 N–H and O–H groups in total. The molecular formula is C11H15N3S. The van der Waals surface area contributed by atoms with Crippen molar-refractivity contribution in [2.75, 3.05) is 5.73 Å². The second-order valence-electron chi connectivity index (χ2n) is 3.69. The normalized spacial score (nSPS) is 10.8. The predicted molar refractivity (Wildman–Crippen MR) is 64.1 cm³/mol. The largest absolute Gasteiger partial charge is 0.396 e. The smallest absolute Gasteiger partial charge is 0.0825 e. The molecule has 3 nitrogen and oxygen atoms in total. The van der Waals surface area contributed by atoms with E-state index in [2.05, 4.69) is 21.9 Å². The number of anilines is 1. The van der Waals surface area contributed by atoms with E-state index in [0.29, 0.717) is 0 Å². The molecule has 0 spiro atoms. The summed E-state index contributed by atoms with van der Waals surface area (Å²) in [5, 5.41) is 8.68. The van der Waals surface area contributed by atoms with Crippen molar-refractivity contribution in [3.8, 4) is 0 Å². The lowest BCUT2D eigenvalue weighted by Gasteiger charge is -2.02. The summed E-state index contributed by atoms with van der Waals surface area (Å²) in [5.74, 6) is 0. The van der Waals surface area contributed by atoms with E-state index < -0.39 is 0 Å². The van der Waals surface area contributed by atoms with Gasteiger partial charge in [0.2, 0.25) is 0 Å². The van der Waals surface area contributed by atoms with Gasteiger partial charge in [-0.3, -0.25) is 4.68 Å². The molecule has 0 fully saturated rings. The fraction of sp³-hybridized carbons (Fsp3) is 0.364. The standard InChI is InChI=1S/C11H15N3S/c1-8-11(12)9(2)14(13-8)5-3-10-4-6-15-7-10/h4,6-7H,3,5,12H2,1-2H3. The molecule has 4 heteroatoms. The first-order valence-electron chi connectivity index (χ1n) is 4.99. The maximum absolute atomic E-state index is 5.87. The molecule has 0 unspecified atom stereocenters. The van der Waals surface area contributed by atoms with Crippen LogP contribution in [0.3, 0.4) is 0 Å². The Bertz CT molecular complexity index is 443. The molecule has 15 heavy (non-hydrogen) atoms. The molecule has 2 rings (SSSR count). The van der Waals surface area contributed by atoms with Gasteiger partial charge < -0.3 is 5.73 Å². The molecule has 0 atom stereocenters. The van der Waals surface area contributed by atoms with Crippen molar-refractivity contribution in [1.82, 2.24) is 9.78 Å². The van der Waals surface area contributed by atoms with Crippen molar-refractivity contribution < 1.29 is 0 Å². The van der Waals surface area contributed by atoms with Crippen molar-refractivity contribution in [2.24, 2.45) is 0 Å². The minimum Gasteiger partial charge on any atom is -0.396 e. The van der Waals surface area contributed by atoms with Gasteiger partial charge in [-0.1, -0.05) is 0 Å². The molecule has 80 valence electrons. The lowest BCUT2D eigenvalue weighted by molar-refractivity contribution is 0.595. The Balaban J connectivity index is 2.08. The second-order valence-corrected chi connectivity index (χ2v) is 4.47. The average molecular weight is 221 g/mol. The molecule has 2 aromatic heterocycles. The zero-order valence-electron chi connectivity index (χ0n) is 9.03. The van der Waals surface area contributed by atoms with E-state index in [-0.39, 0.29) is 0 Å². The van der Waals surface area contributed by atoms with Gasteiger partial charge in [0, 0.05) is 6.54 Å². The maximum atomic E-state index is 5.87. The number of hydrogen-bond acceptors (Lipinski definition) is 3. The van der Waals surface area contributed by atoms with E-state index in [1.165, 1.54) is 5.56 Å². The Hall–Kier alpha value is -1.29. The first-order valence-corrected chi connectivity index (χ1v) is 5.93. The molecule has 0 aliphatic rings. The topological polar surface area (TPSA) is 43.8 Å². The minimum atomic E-state index is 0.820. The Morgan fingerprint density at radius 2 is 2.27 bits per heavy atom. The van der Waals surface area contributed by atoms with Crippen molar-refractivity contribution >= 4 is 17.0 Å². The molecule has 0 saturated carbocycles. The molecule has 0 amide bonds. The number of aryl methyl sites for hydroxylation is 3. The summed E-state index contributed by atoms with van der Waals surface area (Å²) in [6.45, 7) is 4.87. The Morgan fingerprint density at radius 3 is 2.80 bits per heavy atom. The van der Waals surface area contributed by atoms with Crippen LogP contribution in [0.15, 0.2) is 16.8 Å². The van der Waals surface area contributed by atoms with Gasteiger partial charge in [-0.05, 0) is 42.7 Å². The van der Waals surface area contributed by atoms with Gasteiger partial charge in [0.1, 0.15) is 0 Å².